The van der Waals surface area contributed by atoms with Gasteiger partial charge in [-0.25, -0.2) is 0 Å². The number of allylic oxidation sites excluding steroid dienone is 1. The van der Waals surface area contributed by atoms with E-state index in [1.54, 1.807) is 0 Å². The summed E-state index contributed by atoms with van der Waals surface area (Å²) in [5, 5.41) is 13.0. The van der Waals surface area contributed by atoms with Crippen molar-refractivity contribution in [1.82, 2.24) is 5.32 Å². The van der Waals surface area contributed by atoms with E-state index in [2.05, 4.69) is 17.5 Å². The summed E-state index contributed by atoms with van der Waals surface area (Å²) >= 11 is 0. The first-order valence-corrected chi connectivity index (χ1v) is 6.42. The minimum Gasteiger partial charge on any atom is -0.393 e. The minimum absolute atomic E-state index is 0.0178. The fraction of sp³-hybridized carbons (Fsp3) is 0.846. The van der Waals surface area contributed by atoms with Crippen LogP contribution in [0.5, 0.6) is 0 Å². The maximum Gasteiger partial charge on any atom is 0.0540 e. The molecule has 0 bridgehead atoms. The topological polar surface area (TPSA) is 32.3 Å². The third kappa shape index (κ3) is 3.62. The van der Waals surface area contributed by atoms with E-state index in [-0.39, 0.29) is 6.10 Å². The van der Waals surface area contributed by atoms with E-state index < -0.39 is 0 Å². The highest BCUT2D eigenvalue weighted by atomic mass is 16.3. The first kappa shape index (κ1) is 11.2. The molecular formula is C13H23NO. The molecule has 0 radical (unpaired) electrons. The summed E-state index contributed by atoms with van der Waals surface area (Å²) in [5.41, 5.74) is 0. The summed E-state index contributed by atoms with van der Waals surface area (Å²) in [6.45, 7) is 1.14. The molecule has 0 amide bonds. The number of rotatable bonds is 3. The smallest absolute Gasteiger partial charge is 0.0540 e. The lowest BCUT2D eigenvalue weighted by molar-refractivity contribution is 0.108. The van der Waals surface area contributed by atoms with Crippen molar-refractivity contribution in [3.8, 4) is 0 Å². The second-order valence-electron chi connectivity index (χ2n) is 5.05. The third-order valence-electron chi connectivity index (χ3n) is 3.74. The Morgan fingerprint density at radius 3 is 2.60 bits per heavy atom. The number of hydrogen-bond acceptors (Lipinski definition) is 2. The Morgan fingerprint density at radius 2 is 1.93 bits per heavy atom. The van der Waals surface area contributed by atoms with Crippen molar-refractivity contribution >= 4 is 0 Å². The van der Waals surface area contributed by atoms with Gasteiger partial charge in [0, 0.05) is 6.04 Å². The van der Waals surface area contributed by atoms with Crippen LogP contribution in [0.3, 0.4) is 0 Å². The number of hydrogen-bond donors (Lipinski definition) is 2. The number of nitrogens with one attached hydrogen (secondary N) is 1. The maximum absolute atomic E-state index is 9.41. The molecule has 2 aliphatic rings. The molecule has 0 aliphatic heterocycles. The van der Waals surface area contributed by atoms with E-state index in [4.69, 9.17) is 0 Å². The Morgan fingerprint density at radius 1 is 1.13 bits per heavy atom. The predicted molar refractivity (Wildman–Crippen MR) is 62.7 cm³/mol. The Bertz CT molecular complexity index is 207. The standard InChI is InChI=1S/C13H23NO/c15-13-8-6-11(7-9-13)10-14-12-4-2-1-3-5-12/h2,4,11-15H,1,3,5-10H2. The van der Waals surface area contributed by atoms with Crippen molar-refractivity contribution in [3.63, 3.8) is 0 Å². The Kier molecular flexibility index (Phi) is 4.21. The van der Waals surface area contributed by atoms with Crippen LogP contribution < -0.4 is 5.32 Å². The van der Waals surface area contributed by atoms with E-state index >= 15 is 0 Å². The quantitative estimate of drug-likeness (QED) is 0.699. The van der Waals surface area contributed by atoms with Crippen LogP contribution in [0.15, 0.2) is 12.2 Å². The van der Waals surface area contributed by atoms with Crippen LogP contribution in [0.25, 0.3) is 0 Å². The summed E-state index contributed by atoms with van der Waals surface area (Å²) in [6, 6.07) is 0.616. The Balaban J connectivity index is 1.64. The zero-order valence-corrected chi connectivity index (χ0v) is 9.49. The molecule has 1 fully saturated rings. The van der Waals surface area contributed by atoms with Crippen molar-refractivity contribution < 1.29 is 5.11 Å². The highest BCUT2D eigenvalue weighted by Crippen LogP contribution is 2.23. The predicted octanol–water partition coefficient (Wildman–Crippen LogP) is 2.24. The van der Waals surface area contributed by atoms with Crippen LogP contribution in [0.2, 0.25) is 0 Å². The van der Waals surface area contributed by atoms with Gasteiger partial charge in [-0.2, -0.15) is 0 Å². The molecule has 2 nitrogen and oxygen atoms in total. The minimum atomic E-state index is -0.0178. The van der Waals surface area contributed by atoms with Crippen molar-refractivity contribution in [1.29, 1.82) is 0 Å². The van der Waals surface area contributed by atoms with Crippen molar-refractivity contribution in [2.45, 2.75) is 57.1 Å². The van der Waals surface area contributed by atoms with Gasteiger partial charge in [-0.15, -0.1) is 0 Å². The first-order chi connectivity index (χ1) is 7.34. The summed E-state index contributed by atoms with van der Waals surface area (Å²) in [4.78, 5) is 0. The average molecular weight is 209 g/mol. The zero-order valence-electron chi connectivity index (χ0n) is 9.49. The normalized spacial score (nSPS) is 36.7. The van der Waals surface area contributed by atoms with Gasteiger partial charge >= 0.3 is 0 Å². The molecule has 0 aromatic carbocycles. The Labute approximate surface area is 92.8 Å². The van der Waals surface area contributed by atoms with Gasteiger partial charge in [0.2, 0.25) is 0 Å². The fourth-order valence-electron chi connectivity index (χ4n) is 2.65. The molecule has 2 heteroatoms. The molecule has 15 heavy (non-hydrogen) atoms. The molecule has 0 spiro atoms. The second kappa shape index (κ2) is 5.66. The molecule has 0 heterocycles. The van der Waals surface area contributed by atoms with Crippen molar-refractivity contribution in [2.75, 3.05) is 6.54 Å². The summed E-state index contributed by atoms with van der Waals surface area (Å²) < 4.78 is 0. The molecule has 0 aromatic heterocycles. The average Bonchev–Trinajstić information content (AvgIpc) is 2.30. The van der Waals surface area contributed by atoms with Crippen molar-refractivity contribution in [2.24, 2.45) is 5.92 Å². The highest BCUT2D eigenvalue weighted by Gasteiger charge is 2.19. The maximum atomic E-state index is 9.41. The van der Waals surface area contributed by atoms with E-state index in [1.165, 1.54) is 32.1 Å². The second-order valence-corrected chi connectivity index (χ2v) is 5.05. The van der Waals surface area contributed by atoms with Gasteiger partial charge in [0.25, 0.3) is 0 Å². The Hall–Kier alpha value is -0.340. The fourth-order valence-corrected chi connectivity index (χ4v) is 2.65. The molecule has 1 saturated carbocycles. The summed E-state index contributed by atoms with van der Waals surface area (Å²) in [6.07, 6.45) is 12.9. The lowest BCUT2D eigenvalue weighted by Crippen LogP contribution is -2.34. The number of aliphatic hydroxyl groups excluding tert-OH is 1. The van der Waals surface area contributed by atoms with Gasteiger partial charge in [0.15, 0.2) is 0 Å². The molecule has 2 aliphatic carbocycles. The lowest BCUT2D eigenvalue weighted by Gasteiger charge is -2.27. The zero-order chi connectivity index (χ0) is 10.5. The lowest BCUT2D eigenvalue weighted by atomic mass is 9.87. The van der Waals surface area contributed by atoms with Crippen LogP contribution in [-0.4, -0.2) is 23.8 Å². The largest absolute Gasteiger partial charge is 0.393 e. The monoisotopic (exact) mass is 209 g/mol. The van der Waals surface area contributed by atoms with Crippen LogP contribution in [0, 0.1) is 5.92 Å². The SMILES string of the molecule is OC1CCC(CNC2C=CCCC2)CC1. The first-order valence-electron chi connectivity index (χ1n) is 6.42. The summed E-state index contributed by atoms with van der Waals surface area (Å²) in [5.74, 6) is 0.795. The molecule has 86 valence electrons. The van der Waals surface area contributed by atoms with Crippen LogP contribution in [-0.2, 0) is 0 Å². The summed E-state index contributed by atoms with van der Waals surface area (Å²) in [7, 11) is 0. The van der Waals surface area contributed by atoms with E-state index in [0.717, 1.165) is 25.3 Å². The number of aliphatic hydroxyl groups is 1. The molecular weight excluding hydrogens is 186 g/mol. The van der Waals surface area contributed by atoms with Gasteiger partial charge < -0.3 is 10.4 Å². The van der Waals surface area contributed by atoms with Crippen LogP contribution in [0.1, 0.15) is 44.9 Å². The van der Waals surface area contributed by atoms with Crippen molar-refractivity contribution in [3.05, 3.63) is 12.2 Å². The third-order valence-corrected chi connectivity index (χ3v) is 3.74. The molecule has 2 rings (SSSR count). The van der Waals surface area contributed by atoms with Crippen LogP contribution in [0.4, 0.5) is 0 Å². The molecule has 0 saturated heterocycles. The molecule has 1 atom stereocenters. The van der Waals surface area contributed by atoms with Gasteiger partial charge in [0.05, 0.1) is 6.10 Å². The molecule has 0 aromatic rings. The molecule has 1 unspecified atom stereocenters. The van der Waals surface area contributed by atoms with Gasteiger partial charge in [0.1, 0.15) is 0 Å². The molecule has 2 N–H and O–H groups in total. The highest BCUT2D eigenvalue weighted by molar-refractivity contribution is 4.97. The van der Waals surface area contributed by atoms with Gasteiger partial charge in [-0.1, -0.05) is 12.2 Å². The van der Waals surface area contributed by atoms with Gasteiger partial charge in [-0.3, -0.25) is 0 Å². The van der Waals surface area contributed by atoms with E-state index in [9.17, 15) is 5.11 Å². The van der Waals surface area contributed by atoms with E-state index in [0.29, 0.717) is 6.04 Å². The van der Waals surface area contributed by atoms with Crippen LogP contribution >= 0.6 is 0 Å². The van der Waals surface area contributed by atoms with Gasteiger partial charge in [-0.05, 0) is 57.4 Å². The van der Waals surface area contributed by atoms with E-state index in [1.807, 2.05) is 0 Å².